The summed E-state index contributed by atoms with van der Waals surface area (Å²) in [5.41, 5.74) is 1.02. The fourth-order valence-electron chi connectivity index (χ4n) is 3.38. The molecule has 2 amide bonds. The van der Waals surface area contributed by atoms with Crippen molar-refractivity contribution < 1.29 is 18.7 Å². The van der Waals surface area contributed by atoms with Gasteiger partial charge in [0.15, 0.2) is 0 Å². The van der Waals surface area contributed by atoms with E-state index in [-0.39, 0.29) is 12.6 Å². The van der Waals surface area contributed by atoms with E-state index >= 15 is 0 Å². The first-order chi connectivity index (χ1) is 12.2. The molecule has 1 saturated heterocycles. The molecule has 3 heterocycles. The van der Waals surface area contributed by atoms with Crippen molar-refractivity contribution in [2.45, 2.75) is 38.6 Å². The third kappa shape index (κ3) is 4.22. The van der Waals surface area contributed by atoms with Crippen molar-refractivity contribution >= 4 is 12.0 Å². The smallest absolute Gasteiger partial charge is 0.338 e. The lowest BCUT2D eigenvalue weighted by atomic mass is 10.00. The summed E-state index contributed by atoms with van der Waals surface area (Å²) in [5.74, 6) is 0.0903. The van der Waals surface area contributed by atoms with Crippen LogP contribution in [0, 0.1) is 0 Å². The first-order valence-electron chi connectivity index (χ1n) is 8.92. The Balaban J connectivity index is 1.92. The van der Waals surface area contributed by atoms with Crippen LogP contribution in [0.2, 0.25) is 0 Å². The largest absolute Gasteiger partial charge is 0.467 e. The normalized spacial score (nSPS) is 22.1. The van der Waals surface area contributed by atoms with Crippen LogP contribution in [-0.2, 0) is 9.53 Å². The van der Waals surface area contributed by atoms with Gasteiger partial charge in [-0.2, -0.15) is 0 Å². The molecule has 3 rings (SSSR count). The van der Waals surface area contributed by atoms with Gasteiger partial charge in [0.05, 0.1) is 18.4 Å². The molecule has 7 heteroatoms. The lowest BCUT2D eigenvalue weighted by Crippen LogP contribution is -2.48. The number of nitrogens with zero attached hydrogens (tertiary/aromatic N) is 1. The minimum atomic E-state index is -0.634. The standard InChI is InChI=1S/C18H25N3O4/c1-2-24-17(22)15-13(12-21-9-5-3-4-6-10-21)19-18(23)20-16(15)14-8-7-11-25-14/h7-8,11,16H,2-6,9-10,12H2,1H3,(H2,19,20,23)/t16-/m0/s1. The first-order valence-corrected chi connectivity index (χ1v) is 8.92. The number of likely N-dealkylation sites (tertiary alicyclic amines) is 1. The van der Waals surface area contributed by atoms with E-state index in [0.29, 0.717) is 23.6 Å². The van der Waals surface area contributed by atoms with E-state index in [9.17, 15) is 9.59 Å². The second kappa shape index (κ2) is 8.20. The molecule has 1 fully saturated rings. The fourth-order valence-corrected chi connectivity index (χ4v) is 3.38. The average molecular weight is 347 g/mol. The van der Waals surface area contributed by atoms with Gasteiger partial charge in [0.2, 0.25) is 0 Å². The Kier molecular flexibility index (Phi) is 5.75. The van der Waals surface area contributed by atoms with Crippen molar-refractivity contribution in [1.82, 2.24) is 15.5 Å². The molecule has 0 bridgehead atoms. The number of urea groups is 1. The summed E-state index contributed by atoms with van der Waals surface area (Å²) in [5, 5.41) is 5.58. The highest BCUT2D eigenvalue weighted by molar-refractivity contribution is 5.95. The van der Waals surface area contributed by atoms with Gasteiger partial charge in [-0.25, -0.2) is 9.59 Å². The van der Waals surface area contributed by atoms with Crippen LogP contribution >= 0.6 is 0 Å². The van der Waals surface area contributed by atoms with E-state index in [1.807, 2.05) is 0 Å². The minimum absolute atomic E-state index is 0.276. The van der Waals surface area contributed by atoms with Crippen molar-refractivity contribution in [2.24, 2.45) is 0 Å². The maximum atomic E-state index is 12.6. The SMILES string of the molecule is CCOC(=O)C1=C(CN2CCCCCC2)NC(=O)N[C@H]1c1ccco1. The van der Waals surface area contributed by atoms with Crippen LogP contribution in [-0.4, -0.2) is 43.1 Å². The molecule has 0 radical (unpaired) electrons. The Morgan fingerprint density at radius 1 is 1.32 bits per heavy atom. The molecule has 1 aromatic rings. The predicted octanol–water partition coefficient (Wildman–Crippen LogP) is 2.33. The molecule has 2 aliphatic rings. The summed E-state index contributed by atoms with van der Waals surface area (Å²) in [6.07, 6.45) is 6.25. The Hall–Kier alpha value is -2.28. The number of esters is 1. The topological polar surface area (TPSA) is 83.8 Å². The molecule has 2 N–H and O–H groups in total. The zero-order chi connectivity index (χ0) is 17.6. The van der Waals surface area contributed by atoms with Gasteiger partial charge in [0.1, 0.15) is 11.8 Å². The van der Waals surface area contributed by atoms with Gasteiger partial charge in [-0.15, -0.1) is 0 Å². The van der Waals surface area contributed by atoms with Crippen LogP contribution in [0.25, 0.3) is 0 Å². The number of furan rings is 1. The zero-order valence-electron chi connectivity index (χ0n) is 14.5. The second-order valence-electron chi connectivity index (χ2n) is 6.35. The summed E-state index contributed by atoms with van der Waals surface area (Å²) in [6.45, 7) is 4.50. The highest BCUT2D eigenvalue weighted by atomic mass is 16.5. The van der Waals surface area contributed by atoms with Crippen LogP contribution in [0.15, 0.2) is 34.1 Å². The van der Waals surface area contributed by atoms with Crippen LogP contribution < -0.4 is 10.6 Å². The third-order valence-electron chi connectivity index (χ3n) is 4.56. The molecular weight excluding hydrogens is 322 g/mol. The van der Waals surface area contributed by atoms with Gasteiger partial charge in [-0.05, 0) is 45.0 Å². The van der Waals surface area contributed by atoms with Crippen LogP contribution in [0.5, 0.6) is 0 Å². The molecule has 0 aromatic carbocycles. The maximum Gasteiger partial charge on any atom is 0.338 e. The number of carbonyl (C=O) groups excluding carboxylic acids is 2. The van der Waals surface area contributed by atoms with Gasteiger partial charge in [0, 0.05) is 12.2 Å². The van der Waals surface area contributed by atoms with E-state index in [2.05, 4.69) is 15.5 Å². The molecule has 2 aliphatic heterocycles. The Bertz CT molecular complexity index is 631. The molecule has 136 valence electrons. The predicted molar refractivity (Wildman–Crippen MR) is 91.7 cm³/mol. The molecule has 0 saturated carbocycles. The van der Waals surface area contributed by atoms with Crippen LogP contribution in [0.3, 0.4) is 0 Å². The Labute approximate surface area is 147 Å². The van der Waals surface area contributed by atoms with Gasteiger partial charge in [-0.3, -0.25) is 4.90 Å². The van der Waals surface area contributed by atoms with Gasteiger partial charge in [0.25, 0.3) is 0 Å². The van der Waals surface area contributed by atoms with Crippen molar-refractivity contribution in [1.29, 1.82) is 0 Å². The summed E-state index contributed by atoms with van der Waals surface area (Å²) < 4.78 is 10.7. The minimum Gasteiger partial charge on any atom is -0.467 e. The number of nitrogens with one attached hydrogen (secondary N) is 2. The van der Waals surface area contributed by atoms with Crippen molar-refractivity contribution in [3.05, 3.63) is 35.4 Å². The van der Waals surface area contributed by atoms with Crippen molar-refractivity contribution in [2.75, 3.05) is 26.2 Å². The van der Waals surface area contributed by atoms with E-state index in [1.165, 1.54) is 19.1 Å². The number of carbonyl (C=O) groups is 2. The van der Waals surface area contributed by atoms with E-state index in [0.717, 1.165) is 25.9 Å². The van der Waals surface area contributed by atoms with Crippen LogP contribution in [0.4, 0.5) is 4.79 Å². The van der Waals surface area contributed by atoms with Crippen molar-refractivity contribution in [3.8, 4) is 0 Å². The molecule has 7 nitrogen and oxygen atoms in total. The third-order valence-corrected chi connectivity index (χ3v) is 4.56. The highest BCUT2D eigenvalue weighted by Crippen LogP contribution is 2.28. The van der Waals surface area contributed by atoms with Crippen LogP contribution in [0.1, 0.15) is 44.4 Å². The number of ether oxygens (including phenoxy) is 1. The van der Waals surface area contributed by atoms with E-state index < -0.39 is 12.0 Å². The monoisotopic (exact) mass is 347 g/mol. The quantitative estimate of drug-likeness (QED) is 0.799. The van der Waals surface area contributed by atoms with Gasteiger partial charge < -0.3 is 19.8 Å². The maximum absolute atomic E-state index is 12.6. The van der Waals surface area contributed by atoms with E-state index in [4.69, 9.17) is 9.15 Å². The number of rotatable bonds is 5. The summed E-state index contributed by atoms with van der Waals surface area (Å²) in [6, 6.07) is 2.52. The van der Waals surface area contributed by atoms with Gasteiger partial charge >= 0.3 is 12.0 Å². The highest BCUT2D eigenvalue weighted by Gasteiger charge is 2.35. The molecule has 1 atom stereocenters. The first kappa shape index (κ1) is 17.5. The second-order valence-corrected chi connectivity index (χ2v) is 6.35. The molecule has 1 aromatic heterocycles. The molecule has 25 heavy (non-hydrogen) atoms. The number of hydrogen-bond acceptors (Lipinski definition) is 5. The van der Waals surface area contributed by atoms with Crippen molar-refractivity contribution in [3.63, 3.8) is 0 Å². The fraction of sp³-hybridized carbons (Fsp3) is 0.556. The summed E-state index contributed by atoms with van der Waals surface area (Å²) in [7, 11) is 0. The lowest BCUT2D eigenvalue weighted by Gasteiger charge is -2.30. The molecule has 0 spiro atoms. The lowest BCUT2D eigenvalue weighted by molar-refractivity contribution is -0.139. The average Bonchev–Trinajstić information content (AvgIpc) is 3.00. The number of hydrogen-bond donors (Lipinski definition) is 2. The van der Waals surface area contributed by atoms with E-state index in [1.54, 1.807) is 19.1 Å². The molecular formula is C18H25N3O4. The number of amides is 2. The molecule has 0 unspecified atom stereocenters. The Morgan fingerprint density at radius 2 is 2.08 bits per heavy atom. The molecule has 0 aliphatic carbocycles. The Morgan fingerprint density at radius 3 is 2.72 bits per heavy atom. The summed E-state index contributed by atoms with van der Waals surface area (Å²) in [4.78, 5) is 27.0. The zero-order valence-corrected chi connectivity index (χ0v) is 14.5. The van der Waals surface area contributed by atoms with Gasteiger partial charge in [-0.1, -0.05) is 12.8 Å². The summed E-state index contributed by atoms with van der Waals surface area (Å²) >= 11 is 0.